The van der Waals surface area contributed by atoms with E-state index in [4.69, 9.17) is 28.4 Å². The Hall–Kier alpha value is -1.30. The molecule has 128 valence electrons. The predicted octanol–water partition coefficient (Wildman–Crippen LogP) is 3.67. The third-order valence-corrected chi connectivity index (χ3v) is 4.06. The molecular weight excluding hydrogens is 339 g/mol. The van der Waals surface area contributed by atoms with Gasteiger partial charge in [0.25, 0.3) is 0 Å². The molecule has 3 N–H and O–H groups in total. The lowest BCUT2D eigenvalue weighted by molar-refractivity contribution is -0.129. The van der Waals surface area contributed by atoms with Crippen LogP contribution in [-0.4, -0.2) is 23.6 Å². The molecule has 0 aliphatic heterocycles. The lowest BCUT2D eigenvalue weighted by atomic mass is 9.91. The van der Waals surface area contributed by atoms with Crippen LogP contribution in [-0.2, 0) is 9.59 Å². The van der Waals surface area contributed by atoms with E-state index in [2.05, 4.69) is 12.2 Å². The summed E-state index contributed by atoms with van der Waals surface area (Å²) < 4.78 is 0. The van der Waals surface area contributed by atoms with Gasteiger partial charge in [-0.15, -0.1) is 0 Å². The van der Waals surface area contributed by atoms with Gasteiger partial charge in [0.05, 0.1) is 0 Å². The zero-order valence-corrected chi connectivity index (χ0v) is 14.6. The molecular formula is C16H22Cl2N2O3. The maximum Gasteiger partial charge on any atom is 0.243 e. The monoisotopic (exact) mass is 360 g/mol. The summed E-state index contributed by atoms with van der Waals surface area (Å²) >= 11 is 12.0. The fraction of sp³-hybridized carbons (Fsp3) is 0.500. The largest absolute Gasteiger partial charge is 0.356 e. The zero-order valence-electron chi connectivity index (χ0n) is 13.1. The third kappa shape index (κ3) is 7.20. The number of benzene rings is 1. The fourth-order valence-electron chi connectivity index (χ4n) is 2.29. The van der Waals surface area contributed by atoms with E-state index in [1.54, 1.807) is 23.7 Å². The van der Waals surface area contributed by atoms with Gasteiger partial charge in [-0.3, -0.25) is 14.8 Å². The number of hydroxylamine groups is 1. The molecule has 0 aliphatic rings. The van der Waals surface area contributed by atoms with Crippen molar-refractivity contribution in [2.45, 2.75) is 44.9 Å². The van der Waals surface area contributed by atoms with Crippen LogP contribution in [0, 0.1) is 0 Å². The molecule has 0 saturated carbocycles. The van der Waals surface area contributed by atoms with E-state index < -0.39 is 11.8 Å². The molecule has 0 unspecified atom stereocenters. The molecule has 2 amide bonds. The van der Waals surface area contributed by atoms with Gasteiger partial charge in [-0.05, 0) is 24.1 Å². The number of halogens is 2. The molecule has 0 fully saturated rings. The second kappa shape index (κ2) is 10.5. The van der Waals surface area contributed by atoms with Gasteiger partial charge in [0.2, 0.25) is 11.8 Å². The first-order valence-corrected chi connectivity index (χ1v) is 8.38. The molecule has 0 heterocycles. The lowest BCUT2D eigenvalue weighted by Crippen LogP contribution is -2.28. The first-order valence-electron chi connectivity index (χ1n) is 7.62. The minimum Gasteiger partial charge on any atom is -0.356 e. The average Bonchev–Trinajstić information content (AvgIpc) is 2.51. The Morgan fingerprint density at radius 3 is 2.48 bits per heavy atom. The first-order chi connectivity index (χ1) is 11.0. The number of hydrogen-bond donors (Lipinski definition) is 3. The van der Waals surface area contributed by atoms with E-state index >= 15 is 0 Å². The van der Waals surface area contributed by atoms with Crippen LogP contribution in [0.25, 0.3) is 0 Å². The van der Waals surface area contributed by atoms with Crippen LogP contribution in [0.3, 0.4) is 0 Å². The maximum absolute atomic E-state index is 12.1. The molecule has 0 spiro atoms. The van der Waals surface area contributed by atoms with Gasteiger partial charge in [0.1, 0.15) is 0 Å². The van der Waals surface area contributed by atoms with E-state index in [0.717, 1.165) is 19.3 Å². The molecule has 1 aromatic carbocycles. The van der Waals surface area contributed by atoms with Crippen LogP contribution in [0.2, 0.25) is 10.0 Å². The van der Waals surface area contributed by atoms with Crippen LogP contribution >= 0.6 is 23.2 Å². The smallest absolute Gasteiger partial charge is 0.243 e. The summed E-state index contributed by atoms with van der Waals surface area (Å²) in [6.45, 7) is 2.70. The highest BCUT2D eigenvalue weighted by Gasteiger charge is 2.21. The molecule has 0 radical (unpaired) electrons. The van der Waals surface area contributed by atoms with E-state index in [1.807, 2.05) is 0 Å². The van der Waals surface area contributed by atoms with Crippen molar-refractivity contribution in [2.75, 3.05) is 6.54 Å². The van der Waals surface area contributed by atoms with E-state index in [-0.39, 0.29) is 18.7 Å². The summed E-state index contributed by atoms with van der Waals surface area (Å²) in [4.78, 5) is 23.6. The standard InChI is InChI=1S/C16H22Cl2N2O3/c1-2-3-4-7-19-15(21)8-11(9-16(22)20-23)13-6-5-12(17)10-14(13)18/h5-6,10-11,23H,2-4,7-9H2,1H3,(H,19,21)(H,20,22)/t11-/m1/s1. The number of nitrogens with one attached hydrogen (secondary N) is 2. The average molecular weight is 361 g/mol. The number of hydrogen-bond acceptors (Lipinski definition) is 3. The highest BCUT2D eigenvalue weighted by molar-refractivity contribution is 6.35. The van der Waals surface area contributed by atoms with Gasteiger partial charge in [0, 0.05) is 35.3 Å². The molecule has 5 nitrogen and oxygen atoms in total. The Morgan fingerprint density at radius 1 is 1.17 bits per heavy atom. The number of unbranched alkanes of at least 4 members (excludes halogenated alkanes) is 2. The fourth-order valence-corrected chi connectivity index (χ4v) is 2.86. The highest BCUT2D eigenvalue weighted by atomic mass is 35.5. The Kier molecular flexibility index (Phi) is 8.99. The van der Waals surface area contributed by atoms with Gasteiger partial charge in [-0.1, -0.05) is 49.0 Å². The Morgan fingerprint density at radius 2 is 1.87 bits per heavy atom. The Bertz CT molecular complexity index is 538. The van der Waals surface area contributed by atoms with Gasteiger partial charge in [0.15, 0.2) is 0 Å². The van der Waals surface area contributed by atoms with E-state index in [0.29, 0.717) is 22.2 Å². The van der Waals surface area contributed by atoms with Gasteiger partial charge in [-0.25, -0.2) is 5.48 Å². The van der Waals surface area contributed by atoms with Crippen molar-refractivity contribution in [3.63, 3.8) is 0 Å². The van der Waals surface area contributed by atoms with Crippen molar-refractivity contribution >= 4 is 35.0 Å². The second-order valence-electron chi connectivity index (χ2n) is 5.36. The van der Waals surface area contributed by atoms with Crippen molar-refractivity contribution in [3.05, 3.63) is 33.8 Å². The molecule has 1 atom stereocenters. The first kappa shape index (κ1) is 19.7. The quantitative estimate of drug-likeness (QED) is 0.357. The third-order valence-electron chi connectivity index (χ3n) is 3.49. The summed E-state index contributed by atoms with van der Waals surface area (Å²) in [5, 5.41) is 12.4. The summed E-state index contributed by atoms with van der Waals surface area (Å²) in [6, 6.07) is 4.93. The van der Waals surface area contributed by atoms with Crippen LogP contribution in [0.15, 0.2) is 18.2 Å². The van der Waals surface area contributed by atoms with Crippen molar-refractivity contribution in [1.82, 2.24) is 10.8 Å². The van der Waals surface area contributed by atoms with Crippen LogP contribution < -0.4 is 10.8 Å². The minimum absolute atomic E-state index is 0.0414. The van der Waals surface area contributed by atoms with Gasteiger partial charge < -0.3 is 5.32 Å². The van der Waals surface area contributed by atoms with Gasteiger partial charge in [-0.2, -0.15) is 0 Å². The van der Waals surface area contributed by atoms with E-state index in [1.165, 1.54) is 0 Å². The van der Waals surface area contributed by atoms with Gasteiger partial charge >= 0.3 is 0 Å². The molecule has 23 heavy (non-hydrogen) atoms. The predicted molar refractivity (Wildman–Crippen MR) is 90.9 cm³/mol. The Balaban J connectivity index is 2.76. The maximum atomic E-state index is 12.1. The Labute approximate surface area is 146 Å². The number of carbonyl (C=O) groups is 2. The topological polar surface area (TPSA) is 78.4 Å². The lowest BCUT2D eigenvalue weighted by Gasteiger charge is -2.18. The number of amides is 2. The second-order valence-corrected chi connectivity index (χ2v) is 6.21. The van der Waals surface area contributed by atoms with Crippen molar-refractivity contribution in [3.8, 4) is 0 Å². The number of rotatable bonds is 9. The van der Waals surface area contributed by atoms with Crippen molar-refractivity contribution in [1.29, 1.82) is 0 Å². The summed E-state index contributed by atoms with van der Waals surface area (Å²) in [5.74, 6) is -1.15. The van der Waals surface area contributed by atoms with E-state index in [9.17, 15) is 9.59 Å². The molecule has 1 aromatic rings. The zero-order chi connectivity index (χ0) is 17.2. The molecule has 0 bridgehead atoms. The number of carbonyl (C=O) groups excluding carboxylic acids is 2. The van der Waals surface area contributed by atoms with Crippen molar-refractivity contribution < 1.29 is 14.8 Å². The van der Waals surface area contributed by atoms with Crippen molar-refractivity contribution in [2.24, 2.45) is 0 Å². The van der Waals surface area contributed by atoms with Crippen LogP contribution in [0.1, 0.15) is 50.5 Å². The highest BCUT2D eigenvalue weighted by Crippen LogP contribution is 2.31. The summed E-state index contributed by atoms with van der Waals surface area (Å²) in [6.07, 6.45) is 3.13. The summed E-state index contributed by atoms with van der Waals surface area (Å²) in [5.41, 5.74) is 2.25. The normalized spacial score (nSPS) is 11.8. The molecule has 1 rings (SSSR count). The molecule has 0 aromatic heterocycles. The summed E-state index contributed by atoms with van der Waals surface area (Å²) in [7, 11) is 0. The molecule has 0 saturated heterocycles. The van der Waals surface area contributed by atoms with Crippen LogP contribution in [0.5, 0.6) is 0 Å². The molecule has 7 heteroatoms. The van der Waals surface area contributed by atoms with Crippen LogP contribution in [0.4, 0.5) is 0 Å². The SMILES string of the molecule is CCCCCNC(=O)C[C@H](CC(=O)NO)c1ccc(Cl)cc1Cl. The molecule has 0 aliphatic carbocycles. The minimum atomic E-state index is -0.570.